The van der Waals surface area contributed by atoms with E-state index >= 15 is 0 Å². The molecule has 0 aromatic rings. The van der Waals surface area contributed by atoms with Gasteiger partial charge in [0.25, 0.3) is 0 Å². The second kappa shape index (κ2) is 1.55. The molecule has 0 amide bonds. The maximum atomic E-state index is 9.35. The molecule has 0 bridgehead atoms. The van der Waals surface area contributed by atoms with Gasteiger partial charge in [0.1, 0.15) is 0 Å². The van der Waals surface area contributed by atoms with Gasteiger partial charge in [-0.1, -0.05) is 0 Å². The van der Waals surface area contributed by atoms with Crippen molar-refractivity contribution in [2.24, 2.45) is 0 Å². The minimum atomic E-state index is -0.147. The summed E-state index contributed by atoms with van der Waals surface area (Å²) < 4.78 is 5.14. The van der Waals surface area contributed by atoms with E-state index < -0.39 is 0 Å². The van der Waals surface area contributed by atoms with Crippen molar-refractivity contribution >= 4 is 0 Å². The zero-order chi connectivity index (χ0) is 8.22. The van der Waals surface area contributed by atoms with Crippen LogP contribution in [0.15, 0.2) is 23.0 Å². The fourth-order valence-corrected chi connectivity index (χ4v) is 1.40. The van der Waals surface area contributed by atoms with Crippen LogP contribution in [0, 0.1) is 0 Å². The van der Waals surface area contributed by atoms with Crippen molar-refractivity contribution in [2.75, 3.05) is 0 Å². The van der Waals surface area contributed by atoms with E-state index in [0.717, 1.165) is 11.5 Å². The summed E-state index contributed by atoms with van der Waals surface area (Å²) in [6.07, 6.45) is 0. The quantitative estimate of drug-likeness (QED) is 0.553. The van der Waals surface area contributed by atoms with Crippen LogP contribution in [0.3, 0.4) is 0 Å². The van der Waals surface area contributed by atoms with Crippen molar-refractivity contribution in [1.82, 2.24) is 5.32 Å². The van der Waals surface area contributed by atoms with E-state index in [4.69, 9.17) is 4.74 Å². The molecule has 2 rings (SSSR count). The highest BCUT2D eigenvalue weighted by Crippen LogP contribution is 2.43. The summed E-state index contributed by atoms with van der Waals surface area (Å²) in [5.41, 5.74) is 0.636. The summed E-state index contributed by atoms with van der Waals surface area (Å²) in [4.78, 5) is 0. The molecule has 0 aromatic heterocycles. The average molecular weight is 153 g/mol. The van der Waals surface area contributed by atoms with E-state index in [9.17, 15) is 5.11 Å². The van der Waals surface area contributed by atoms with E-state index in [2.05, 4.69) is 5.32 Å². The largest absolute Gasteiger partial charge is 0.503 e. The third-order valence-corrected chi connectivity index (χ3v) is 2.01. The molecule has 3 nitrogen and oxygen atoms in total. The van der Waals surface area contributed by atoms with Crippen LogP contribution in [0.4, 0.5) is 0 Å². The van der Waals surface area contributed by atoms with Crippen molar-refractivity contribution in [3.8, 4) is 0 Å². The highest BCUT2D eigenvalue weighted by molar-refractivity contribution is 5.45. The maximum absolute atomic E-state index is 9.35. The molecule has 60 valence electrons. The van der Waals surface area contributed by atoms with E-state index in [1.165, 1.54) is 0 Å². The minimum Gasteiger partial charge on any atom is -0.503 e. The first-order valence-corrected chi connectivity index (χ1v) is 3.63. The fourth-order valence-electron chi connectivity index (χ4n) is 1.40. The van der Waals surface area contributed by atoms with Gasteiger partial charge >= 0.3 is 0 Å². The van der Waals surface area contributed by atoms with Crippen molar-refractivity contribution in [2.45, 2.75) is 26.3 Å². The minimum absolute atomic E-state index is 0.147. The van der Waals surface area contributed by atoms with Crippen molar-refractivity contribution in [3.05, 3.63) is 23.0 Å². The van der Waals surface area contributed by atoms with Gasteiger partial charge in [-0.25, -0.2) is 0 Å². The SMILES string of the molecule is CC1=C(O)C2=C(O2)C(C)(C)N1. The molecule has 0 aliphatic carbocycles. The first-order valence-electron chi connectivity index (χ1n) is 3.63. The molecular formula is C8H11NO2. The Morgan fingerprint density at radius 3 is 2.73 bits per heavy atom. The zero-order valence-corrected chi connectivity index (χ0v) is 6.86. The molecule has 2 heterocycles. The number of nitrogens with one attached hydrogen (secondary N) is 1. The molecule has 2 aliphatic rings. The van der Waals surface area contributed by atoms with Crippen LogP contribution < -0.4 is 5.32 Å². The number of hydrogen-bond acceptors (Lipinski definition) is 3. The Balaban J connectivity index is 2.42. The number of rotatable bonds is 0. The standard InChI is InChI=1S/C8H11NO2/c1-4-5(10)6-7(11-6)8(2,3)9-4/h9-10H,1-3H3. The Bertz CT molecular complexity index is 286. The van der Waals surface area contributed by atoms with E-state index in [-0.39, 0.29) is 11.3 Å². The predicted molar refractivity (Wildman–Crippen MR) is 40.7 cm³/mol. The molecule has 0 saturated carbocycles. The van der Waals surface area contributed by atoms with Crippen molar-refractivity contribution in [1.29, 1.82) is 0 Å². The molecule has 0 aromatic carbocycles. The molecule has 2 aliphatic heterocycles. The number of aliphatic hydroxyl groups excluding tert-OH is 1. The van der Waals surface area contributed by atoms with Gasteiger partial charge in [-0.05, 0) is 20.8 Å². The number of ether oxygens (including phenoxy) is 1. The lowest BCUT2D eigenvalue weighted by molar-refractivity contribution is 0.364. The van der Waals surface area contributed by atoms with E-state index in [1.807, 2.05) is 20.8 Å². The van der Waals surface area contributed by atoms with Crippen molar-refractivity contribution < 1.29 is 9.84 Å². The molecule has 0 radical (unpaired) electrons. The molecule has 0 fully saturated rings. The maximum Gasteiger partial charge on any atom is 0.211 e. The lowest BCUT2D eigenvalue weighted by atomic mass is 10.0. The highest BCUT2D eigenvalue weighted by atomic mass is 16.6. The topological polar surface area (TPSA) is 44.8 Å². The summed E-state index contributed by atoms with van der Waals surface area (Å²) in [5.74, 6) is 1.77. The summed E-state index contributed by atoms with van der Waals surface area (Å²) in [7, 11) is 0. The Kier molecular flexibility index (Phi) is 0.926. The molecule has 0 unspecified atom stereocenters. The van der Waals surface area contributed by atoms with Gasteiger partial charge in [0.05, 0.1) is 11.2 Å². The first kappa shape index (κ1) is 6.58. The smallest absolute Gasteiger partial charge is 0.211 e. The van der Waals surface area contributed by atoms with Gasteiger partial charge in [-0.15, -0.1) is 0 Å². The van der Waals surface area contributed by atoms with Crippen LogP contribution in [0.5, 0.6) is 0 Å². The average Bonchev–Trinajstić information content (AvgIpc) is 2.60. The number of hydrogen-bond donors (Lipinski definition) is 2. The molecule has 0 saturated heterocycles. The van der Waals surface area contributed by atoms with Gasteiger partial charge < -0.3 is 15.2 Å². The lowest BCUT2D eigenvalue weighted by Crippen LogP contribution is -2.39. The number of allylic oxidation sites excluding steroid dienone is 1. The summed E-state index contributed by atoms with van der Waals surface area (Å²) in [5, 5.41) is 12.5. The Hall–Kier alpha value is -1.12. The second-order valence-corrected chi connectivity index (χ2v) is 3.48. The van der Waals surface area contributed by atoms with Gasteiger partial charge in [0.2, 0.25) is 5.76 Å². The van der Waals surface area contributed by atoms with Gasteiger partial charge in [0, 0.05) is 0 Å². The Morgan fingerprint density at radius 1 is 1.45 bits per heavy atom. The predicted octanol–water partition coefficient (Wildman–Crippen LogP) is 1.40. The van der Waals surface area contributed by atoms with Crippen molar-refractivity contribution in [3.63, 3.8) is 0 Å². The molecule has 3 heteroatoms. The van der Waals surface area contributed by atoms with E-state index in [1.54, 1.807) is 0 Å². The lowest BCUT2D eigenvalue weighted by Gasteiger charge is -2.23. The monoisotopic (exact) mass is 153 g/mol. The van der Waals surface area contributed by atoms with Crippen LogP contribution in [-0.4, -0.2) is 10.6 Å². The van der Waals surface area contributed by atoms with Gasteiger partial charge in [0.15, 0.2) is 11.5 Å². The van der Waals surface area contributed by atoms with Crippen LogP contribution in [0.1, 0.15) is 20.8 Å². The van der Waals surface area contributed by atoms with Gasteiger partial charge in [-0.3, -0.25) is 0 Å². The second-order valence-electron chi connectivity index (χ2n) is 3.48. The zero-order valence-electron chi connectivity index (χ0n) is 6.86. The normalized spacial score (nSPS) is 25.7. The van der Waals surface area contributed by atoms with Crippen LogP contribution in [-0.2, 0) is 4.74 Å². The number of dihydropyridines is 1. The highest BCUT2D eigenvalue weighted by Gasteiger charge is 2.45. The van der Waals surface area contributed by atoms with E-state index in [0.29, 0.717) is 5.76 Å². The third kappa shape index (κ3) is 0.737. The number of aliphatic hydroxyl groups is 1. The van der Waals surface area contributed by atoms with Crippen LogP contribution in [0.25, 0.3) is 0 Å². The Morgan fingerprint density at radius 2 is 2.09 bits per heavy atom. The first-order chi connectivity index (χ1) is 5.02. The summed E-state index contributed by atoms with van der Waals surface area (Å²) >= 11 is 0. The molecule has 0 atom stereocenters. The van der Waals surface area contributed by atoms with Crippen LogP contribution >= 0.6 is 0 Å². The molecule has 2 N–H and O–H groups in total. The molecule has 0 spiro atoms. The fraction of sp³-hybridized carbons (Fsp3) is 0.500. The van der Waals surface area contributed by atoms with Crippen LogP contribution in [0.2, 0.25) is 0 Å². The summed E-state index contributed by atoms with van der Waals surface area (Å²) in [6, 6.07) is 0. The molecule has 11 heavy (non-hydrogen) atoms. The summed E-state index contributed by atoms with van der Waals surface area (Å²) in [6.45, 7) is 5.87. The Labute approximate surface area is 65.4 Å². The third-order valence-electron chi connectivity index (χ3n) is 2.01. The van der Waals surface area contributed by atoms with Gasteiger partial charge in [-0.2, -0.15) is 0 Å². The molecular weight excluding hydrogens is 142 g/mol.